The van der Waals surface area contributed by atoms with Gasteiger partial charge in [0.05, 0.1) is 10.7 Å². The second-order valence-corrected chi connectivity index (χ2v) is 11.8. The van der Waals surface area contributed by atoms with Gasteiger partial charge in [-0.25, -0.2) is 9.52 Å². The summed E-state index contributed by atoms with van der Waals surface area (Å²) in [7, 11) is -4.38. The third-order valence-corrected chi connectivity index (χ3v) is 8.46. The van der Waals surface area contributed by atoms with Crippen molar-refractivity contribution < 1.29 is 32.3 Å². The van der Waals surface area contributed by atoms with Crippen LogP contribution in [0.25, 0.3) is 0 Å². The van der Waals surface area contributed by atoms with Crippen molar-refractivity contribution in [2.24, 2.45) is 11.7 Å². The van der Waals surface area contributed by atoms with Crippen LogP contribution >= 0.6 is 11.6 Å². The number of fused-ring (bicyclic) bond motifs is 2. The summed E-state index contributed by atoms with van der Waals surface area (Å²) in [5.74, 6) is -2.44. The number of hydrogen-bond acceptors (Lipinski definition) is 7. The Bertz CT molecular complexity index is 1270. The fourth-order valence-corrected chi connectivity index (χ4v) is 6.29. The van der Waals surface area contributed by atoms with Crippen LogP contribution in [0.2, 0.25) is 5.02 Å². The van der Waals surface area contributed by atoms with Gasteiger partial charge in [0, 0.05) is 12.5 Å². The summed E-state index contributed by atoms with van der Waals surface area (Å²) >= 11 is 6.04. The molecule has 1 aromatic rings. The predicted octanol–water partition coefficient (Wildman–Crippen LogP) is 1.96. The number of ether oxygens (including phenoxy) is 1. The van der Waals surface area contributed by atoms with Gasteiger partial charge in [0.15, 0.2) is 6.10 Å². The number of hydrogen-bond donors (Lipinski definition) is 4. The van der Waals surface area contributed by atoms with Crippen molar-refractivity contribution >= 4 is 51.3 Å². The number of benzene rings is 1. The molecular formula is C25H32ClN5O7S. The van der Waals surface area contributed by atoms with Gasteiger partial charge in [0.25, 0.3) is 11.8 Å². The Morgan fingerprint density at radius 1 is 1.13 bits per heavy atom. The molecule has 14 heteroatoms. The Balaban J connectivity index is 1.56. The van der Waals surface area contributed by atoms with E-state index in [1.54, 1.807) is 12.1 Å². The van der Waals surface area contributed by atoms with Gasteiger partial charge in [0.2, 0.25) is 5.91 Å². The first-order valence-corrected chi connectivity index (χ1v) is 14.7. The van der Waals surface area contributed by atoms with Gasteiger partial charge in [-0.15, -0.1) is 0 Å². The minimum absolute atomic E-state index is 0.0863. The van der Waals surface area contributed by atoms with E-state index in [1.807, 2.05) is 16.9 Å². The van der Waals surface area contributed by atoms with Crippen LogP contribution in [-0.2, 0) is 29.3 Å². The Kier molecular flexibility index (Phi) is 8.70. The van der Waals surface area contributed by atoms with Gasteiger partial charge < -0.3 is 20.7 Å². The zero-order valence-corrected chi connectivity index (χ0v) is 22.8. The van der Waals surface area contributed by atoms with E-state index in [9.17, 15) is 27.6 Å². The summed E-state index contributed by atoms with van der Waals surface area (Å²) in [6.45, 7) is 0.272. The van der Waals surface area contributed by atoms with E-state index in [0.29, 0.717) is 25.7 Å². The number of para-hydroxylation sites is 1. The van der Waals surface area contributed by atoms with Crippen LogP contribution in [-0.4, -0.2) is 61.4 Å². The fraction of sp³-hybridized carbons (Fsp3) is 0.520. The number of nitrogens with two attached hydrogens (primary N) is 1. The van der Waals surface area contributed by atoms with Crippen LogP contribution < -0.4 is 20.5 Å². The smallest absolute Gasteiger partial charge is 0.405 e. The average Bonchev–Trinajstić information content (AvgIpc) is 3.33. The summed E-state index contributed by atoms with van der Waals surface area (Å²) in [5, 5.41) is 2.88. The maximum absolute atomic E-state index is 13.4. The molecule has 1 aromatic carbocycles. The lowest BCUT2D eigenvalue weighted by molar-refractivity contribution is -0.146. The maximum atomic E-state index is 13.4. The van der Waals surface area contributed by atoms with Crippen molar-refractivity contribution in [1.29, 1.82) is 0 Å². The molecule has 39 heavy (non-hydrogen) atoms. The summed E-state index contributed by atoms with van der Waals surface area (Å²) < 4.78 is 34.8. The van der Waals surface area contributed by atoms with E-state index in [-0.39, 0.29) is 30.1 Å². The molecule has 0 radical (unpaired) electrons. The lowest BCUT2D eigenvalue weighted by atomic mass is 10.1. The first-order chi connectivity index (χ1) is 18.5. The number of primary amides is 1. The highest BCUT2D eigenvalue weighted by molar-refractivity contribution is 7.91. The standard InChI is InChI=1S/C25H32ClN5O7S/c26-17-10-6-7-11-18(17)29-39(36,37)30-23(34)25-15-16(25)9-4-2-1-3-5-13-20(38-24(27)35)22(33)31-14-8-12-19(31)21(32)28-25/h4,6-7,9-11,16,19-20,29H,1-3,5,8,12-15H2,(H2,27,35)(H,28,32)(H,30,34)/b9-4-. The van der Waals surface area contributed by atoms with Crippen LogP contribution in [0.15, 0.2) is 36.4 Å². The summed E-state index contributed by atoms with van der Waals surface area (Å²) in [6.07, 6.45) is 5.72. The molecule has 0 aromatic heterocycles. The van der Waals surface area contributed by atoms with Crippen LogP contribution in [0.1, 0.15) is 51.4 Å². The van der Waals surface area contributed by atoms with E-state index >= 15 is 0 Å². The molecule has 4 atom stereocenters. The number of anilines is 1. The number of nitrogens with one attached hydrogen (secondary N) is 3. The Hall–Kier alpha value is -3.32. The zero-order valence-electron chi connectivity index (χ0n) is 21.2. The molecule has 1 saturated heterocycles. The molecule has 4 unspecified atom stereocenters. The molecule has 0 spiro atoms. The number of carbonyl (C=O) groups excluding carboxylic acids is 4. The second kappa shape index (κ2) is 11.8. The van der Waals surface area contributed by atoms with Crippen molar-refractivity contribution in [3.63, 3.8) is 0 Å². The minimum Gasteiger partial charge on any atom is -0.436 e. The lowest BCUT2D eigenvalue weighted by Gasteiger charge is -2.29. The largest absolute Gasteiger partial charge is 0.436 e. The first kappa shape index (κ1) is 28.7. The molecule has 5 N–H and O–H groups in total. The van der Waals surface area contributed by atoms with Crippen molar-refractivity contribution in [2.45, 2.75) is 69.1 Å². The third kappa shape index (κ3) is 6.82. The number of amides is 4. The maximum Gasteiger partial charge on any atom is 0.405 e. The summed E-state index contributed by atoms with van der Waals surface area (Å²) in [6, 6.07) is 5.24. The molecule has 4 amide bonds. The van der Waals surface area contributed by atoms with Crippen LogP contribution in [0.5, 0.6) is 0 Å². The monoisotopic (exact) mass is 581 g/mol. The van der Waals surface area contributed by atoms with Crippen LogP contribution in [0.4, 0.5) is 10.5 Å². The third-order valence-electron chi connectivity index (χ3n) is 7.19. The topological polar surface area (TPSA) is 177 Å². The molecule has 1 saturated carbocycles. The average molecular weight is 582 g/mol. The molecule has 2 aliphatic heterocycles. The van der Waals surface area contributed by atoms with Crippen molar-refractivity contribution in [2.75, 3.05) is 11.3 Å². The van der Waals surface area contributed by atoms with Gasteiger partial charge in [-0.3, -0.25) is 19.1 Å². The molecule has 3 aliphatic rings. The number of rotatable bonds is 5. The molecule has 2 fully saturated rings. The number of halogens is 1. The van der Waals surface area contributed by atoms with Gasteiger partial charge in [-0.05, 0) is 57.1 Å². The van der Waals surface area contributed by atoms with Crippen molar-refractivity contribution in [3.05, 3.63) is 41.4 Å². The van der Waals surface area contributed by atoms with Gasteiger partial charge in [0.1, 0.15) is 11.6 Å². The molecule has 4 rings (SSSR count). The highest BCUT2D eigenvalue weighted by Gasteiger charge is 2.61. The van der Waals surface area contributed by atoms with E-state index in [1.165, 1.54) is 17.0 Å². The van der Waals surface area contributed by atoms with Crippen molar-refractivity contribution in [1.82, 2.24) is 14.9 Å². The first-order valence-electron chi connectivity index (χ1n) is 12.9. The highest BCUT2D eigenvalue weighted by atomic mass is 35.5. The molecule has 1 aliphatic carbocycles. The van der Waals surface area contributed by atoms with E-state index in [2.05, 4.69) is 10.0 Å². The minimum atomic E-state index is -4.38. The second-order valence-electron chi connectivity index (χ2n) is 9.97. The van der Waals surface area contributed by atoms with Crippen LogP contribution in [0, 0.1) is 5.92 Å². The number of nitrogens with zero attached hydrogens (tertiary/aromatic N) is 1. The Morgan fingerprint density at radius 3 is 2.64 bits per heavy atom. The van der Waals surface area contributed by atoms with Crippen molar-refractivity contribution in [3.8, 4) is 0 Å². The summed E-state index contributed by atoms with van der Waals surface area (Å²) in [4.78, 5) is 52.8. The van der Waals surface area contributed by atoms with Gasteiger partial charge in [-0.1, -0.05) is 42.3 Å². The lowest BCUT2D eigenvalue weighted by Crippen LogP contribution is -2.57. The highest BCUT2D eigenvalue weighted by Crippen LogP contribution is 2.45. The Morgan fingerprint density at radius 2 is 1.90 bits per heavy atom. The summed E-state index contributed by atoms with van der Waals surface area (Å²) in [5.41, 5.74) is 3.76. The van der Waals surface area contributed by atoms with E-state index in [0.717, 1.165) is 12.8 Å². The van der Waals surface area contributed by atoms with E-state index < -0.39 is 57.6 Å². The quantitative estimate of drug-likeness (QED) is 0.384. The zero-order chi connectivity index (χ0) is 28.2. The number of carbonyl (C=O) groups is 4. The molecule has 0 bridgehead atoms. The number of allylic oxidation sites excluding steroid dienone is 1. The van der Waals surface area contributed by atoms with Gasteiger partial charge >= 0.3 is 16.3 Å². The molecule has 2 heterocycles. The van der Waals surface area contributed by atoms with Crippen LogP contribution in [0.3, 0.4) is 0 Å². The van der Waals surface area contributed by atoms with Gasteiger partial charge in [-0.2, -0.15) is 8.42 Å². The fourth-order valence-electron chi connectivity index (χ4n) is 5.10. The normalized spacial score (nSPS) is 28.5. The van der Waals surface area contributed by atoms with E-state index in [4.69, 9.17) is 22.1 Å². The molecule has 212 valence electrons. The predicted molar refractivity (Wildman–Crippen MR) is 143 cm³/mol. The SMILES string of the molecule is NC(=O)OC1CCCCC/C=C\C2CC2(C(=O)NS(=O)(=O)Nc2ccccc2Cl)NC(=O)C2CCCN2C1=O. The molecular weight excluding hydrogens is 550 g/mol. The molecule has 12 nitrogen and oxygen atoms in total. The Labute approximate surface area is 231 Å².